The van der Waals surface area contributed by atoms with E-state index in [0.717, 1.165) is 24.5 Å². The third kappa shape index (κ3) is 6.30. The Hall–Kier alpha value is -1.48. The number of hydrogen-bond donors (Lipinski definition) is 1. The summed E-state index contributed by atoms with van der Waals surface area (Å²) in [5.74, 6) is -0.335. The molecule has 0 aliphatic heterocycles. The largest absolute Gasteiger partial charge is 0.492 e. The normalized spacial score (nSPS) is 10.8. The van der Waals surface area contributed by atoms with Gasteiger partial charge in [-0.3, -0.25) is 0 Å². The van der Waals surface area contributed by atoms with Crippen LogP contribution in [0.1, 0.15) is 38.2 Å². The van der Waals surface area contributed by atoms with Crippen molar-refractivity contribution in [1.29, 1.82) is 0 Å². The van der Waals surface area contributed by atoms with Crippen molar-refractivity contribution in [1.82, 2.24) is 0 Å². The van der Waals surface area contributed by atoms with E-state index >= 15 is 0 Å². The van der Waals surface area contributed by atoms with E-state index in [2.05, 4.69) is 6.92 Å². The van der Waals surface area contributed by atoms with Crippen LogP contribution in [0.2, 0.25) is 5.02 Å². The summed E-state index contributed by atoms with van der Waals surface area (Å²) in [5, 5.41) is 9.04. The van der Waals surface area contributed by atoms with Crippen LogP contribution in [-0.2, 0) is 4.79 Å². The summed E-state index contributed by atoms with van der Waals surface area (Å²) in [6, 6.07) is 5.25. The number of unbranched alkanes of at least 4 members (excludes halogenated alkanes) is 3. The molecule has 0 aromatic heterocycles. The molecular weight excluding hydrogens is 264 g/mol. The Bertz CT molecular complexity index is 441. The number of carbonyl (C=O) groups is 1. The summed E-state index contributed by atoms with van der Waals surface area (Å²) in [6.45, 7) is 2.82. The molecule has 4 heteroatoms. The van der Waals surface area contributed by atoms with Gasteiger partial charge in [0.25, 0.3) is 0 Å². The quantitative estimate of drug-likeness (QED) is 0.568. The lowest BCUT2D eigenvalue weighted by atomic mass is 10.2. The molecule has 0 saturated heterocycles. The van der Waals surface area contributed by atoms with E-state index in [-0.39, 0.29) is 0 Å². The number of benzene rings is 1. The second kappa shape index (κ2) is 8.59. The highest BCUT2D eigenvalue weighted by Gasteiger charge is 2.02. The lowest BCUT2D eigenvalue weighted by molar-refractivity contribution is -0.131. The number of rotatable bonds is 8. The fourth-order valence-corrected chi connectivity index (χ4v) is 1.86. The smallest absolute Gasteiger partial charge is 0.328 e. The zero-order valence-corrected chi connectivity index (χ0v) is 11.8. The zero-order valence-electron chi connectivity index (χ0n) is 11.1. The Labute approximate surface area is 118 Å². The van der Waals surface area contributed by atoms with Crippen LogP contribution in [-0.4, -0.2) is 17.7 Å². The van der Waals surface area contributed by atoms with Gasteiger partial charge in [0, 0.05) is 6.08 Å². The molecule has 0 aliphatic carbocycles. The Kier molecular flexibility index (Phi) is 7.04. The lowest BCUT2D eigenvalue weighted by Gasteiger charge is -2.08. The molecule has 0 heterocycles. The van der Waals surface area contributed by atoms with Gasteiger partial charge in [-0.25, -0.2) is 4.79 Å². The fraction of sp³-hybridized carbons (Fsp3) is 0.400. The molecule has 0 radical (unpaired) electrons. The minimum atomic E-state index is -0.979. The Balaban J connectivity index is 2.50. The highest BCUT2D eigenvalue weighted by atomic mass is 35.5. The van der Waals surface area contributed by atoms with Crippen molar-refractivity contribution in [3.8, 4) is 5.75 Å². The molecule has 1 rings (SSSR count). The van der Waals surface area contributed by atoms with Gasteiger partial charge >= 0.3 is 5.97 Å². The number of halogens is 1. The van der Waals surface area contributed by atoms with E-state index in [9.17, 15) is 4.79 Å². The summed E-state index contributed by atoms with van der Waals surface area (Å²) < 4.78 is 5.59. The third-order valence-corrected chi connectivity index (χ3v) is 2.93. The van der Waals surface area contributed by atoms with Gasteiger partial charge in [-0.05, 0) is 30.2 Å². The van der Waals surface area contributed by atoms with Crippen molar-refractivity contribution in [2.75, 3.05) is 6.61 Å². The zero-order chi connectivity index (χ0) is 14.1. The van der Waals surface area contributed by atoms with Crippen molar-refractivity contribution in [3.63, 3.8) is 0 Å². The lowest BCUT2D eigenvalue weighted by Crippen LogP contribution is -1.97. The molecule has 0 fully saturated rings. The second-order valence-corrected chi connectivity index (χ2v) is 4.68. The molecule has 3 nitrogen and oxygen atoms in total. The number of carboxylic acid groups (broad SMARTS) is 1. The Morgan fingerprint density at radius 1 is 1.37 bits per heavy atom. The Morgan fingerprint density at radius 3 is 2.79 bits per heavy atom. The third-order valence-electron chi connectivity index (χ3n) is 2.63. The predicted octanol–water partition coefficient (Wildman–Crippen LogP) is 4.40. The summed E-state index contributed by atoms with van der Waals surface area (Å²) in [6.07, 6.45) is 7.18. The molecule has 19 heavy (non-hydrogen) atoms. The van der Waals surface area contributed by atoms with Gasteiger partial charge in [0.1, 0.15) is 5.75 Å². The highest BCUT2D eigenvalue weighted by molar-refractivity contribution is 6.32. The van der Waals surface area contributed by atoms with E-state index in [1.165, 1.54) is 18.9 Å². The number of carboxylic acids is 1. The average molecular weight is 283 g/mol. The number of ether oxygens (including phenoxy) is 1. The van der Waals surface area contributed by atoms with Crippen molar-refractivity contribution >= 4 is 23.6 Å². The molecule has 0 atom stereocenters. The van der Waals surface area contributed by atoms with Gasteiger partial charge in [0.05, 0.1) is 11.6 Å². The van der Waals surface area contributed by atoms with Crippen LogP contribution in [0.15, 0.2) is 24.3 Å². The molecule has 0 amide bonds. The molecule has 0 aliphatic rings. The molecular formula is C15H19ClO3. The molecule has 0 saturated carbocycles. The highest BCUT2D eigenvalue weighted by Crippen LogP contribution is 2.26. The maximum absolute atomic E-state index is 10.4. The van der Waals surface area contributed by atoms with Crippen LogP contribution >= 0.6 is 11.6 Å². The van der Waals surface area contributed by atoms with Gasteiger partial charge in [-0.1, -0.05) is 43.9 Å². The van der Waals surface area contributed by atoms with Crippen LogP contribution in [0.3, 0.4) is 0 Å². The standard InChI is InChI=1S/C15H19ClO3/c1-2-3-4-5-10-19-14-8-6-12(11-13(14)16)7-9-15(17)18/h6-9,11H,2-5,10H2,1H3,(H,17,18). The van der Waals surface area contributed by atoms with Gasteiger partial charge in [-0.2, -0.15) is 0 Å². The van der Waals surface area contributed by atoms with E-state index in [0.29, 0.717) is 17.4 Å². The number of aliphatic carboxylic acids is 1. The van der Waals surface area contributed by atoms with Crippen molar-refractivity contribution in [2.24, 2.45) is 0 Å². The van der Waals surface area contributed by atoms with E-state index in [1.54, 1.807) is 18.2 Å². The number of hydrogen-bond acceptors (Lipinski definition) is 2. The molecule has 104 valence electrons. The maximum Gasteiger partial charge on any atom is 0.328 e. The van der Waals surface area contributed by atoms with Gasteiger partial charge in [0.15, 0.2) is 0 Å². The molecule has 1 aromatic carbocycles. The molecule has 1 aromatic rings. The topological polar surface area (TPSA) is 46.5 Å². The van der Waals surface area contributed by atoms with Gasteiger partial charge in [0.2, 0.25) is 0 Å². The van der Waals surface area contributed by atoms with Crippen molar-refractivity contribution in [2.45, 2.75) is 32.6 Å². The van der Waals surface area contributed by atoms with Crippen LogP contribution in [0.4, 0.5) is 0 Å². The average Bonchev–Trinajstić information content (AvgIpc) is 2.38. The Morgan fingerprint density at radius 2 is 2.16 bits per heavy atom. The molecule has 1 N–H and O–H groups in total. The summed E-state index contributed by atoms with van der Waals surface area (Å²) >= 11 is 6.08. The van der Waals surface area contributed by atoms with Gasteiger partial charge in [-0.15, -0.1) is 0 Å². The maximum atomic E-state index is 10.4. The first-order valence-electron chi connectivity index (χ1n) is 6.47. The van der Waals surface area contributed by atoms with Crippen LogP contribution in [0.25, 0.3) is 6.08 Å². The van der Waals surface area contributed by atoms with Crippen LogP contribution in [0, 0.1) is 0 Å². The van der Waals surface area contributed by atoms with Gasteiger partial charge < -0.3 is 9.84 Å². The first-order valence-corrected chi connectivity index (χ1v) is 6.84. The predicted molar refractivity (Wildman–Crippen MR) is 77.8 cm³/mol. The summed E-state index contributed by atoms with van der Waals surface area (Å²) in [5.41, 5.74) is 0.741. The first-order chi connectivity index (χ1) is 9.13. The molecule has 0 bridgehead atoms. The SMILES string of the molecule is CCCCCCOc1ccc(C=CC(=O)O)cc1Cl. The van der Waals surface area contributed by atoms with Crippen LogP contribution < -0.4 is 4.74 Å². The summed E-state index contributed by atoms with van der Waals surface area (Å²) in [4.78, 5) is 10.4. The summed E-state index contributed by atoms with van der Waals surface area (Å²) in [7, 11) is 0. The van der Waals surface area contributed by atoms with E-state index in [1.807, 2.05) is 0 Å². The van der Waals surface area contributed by atoms with Crippen molar-refractivity contribution in [3.05, 3.63) is 34.9 Å². The monoisotopic (exact) mass is 282 g/mol. The molecule has 0 unspecified atom stereocenters. The van der Waals surface area contributed by atoms with E-state index in [4.69, 9.17) is 21.4 Å². The first kappa shape index (κ1) is 15.6. The molecule has 0 spiro atoms. The minimum Gasteiger partial charge on any atom is -0.492 e. The van der Waals surface area contributed by atoms with Crippen LogP contribution in [0.5, 0.6) is 5.75 Å². The van der Waals surface area contributed by atoms with Crippen molar-refractivity contribution < 1.29 is 14.6 Å². The minimum absolute atomic E-state index is 0.503. The fourth-order valence-electron chi connectivity index (χ4n) is 1.62. The van der Waals surface area contributed by atoms with E-state index < -0.39 is 5.97 Å². The second-order valence-electron chi connectivity index (χ2n) is 4.27.